The largest absolute Gasteiger partial charge is 0.481 e. The topological polar surface area (TPSA) is 202 Å². The Morgan fingerprint density at radius 3 is 0.979 bits per heavy atom. The summed E-state index contributed by atoms with van der Waals surface area (Å²) in [5.41, 5.74) is 0. The van der Waals surface area contributed by atoms with E-state index in [1.165, 1.54) is 70.6 Å². The first-order valence-corrected chi connectivity index (χ1v) is 19.0. The van der Waals surface area contributed by atoms with Gasteiger partial charge in [0.05, 0.1) is 61.2 Å². The Kier molecular flexibility index (Phi) is 10.5. The molecule has 5 heterocycles. The molecule has 4 saturated carbocycles. The number of nitrogens with one attached hydrogen (secondary N) is 8. The van der Waals surface area contributed by atoms with Gasteiger partial charge in [-0.2, -0.15) is 0 Å². The minimum absolute atomic E-state index is 0. The maximum absolute atomic E-state index is 12.9. The molecule has 0 aromatic heterocycles. The SMILES string of the molecule is O.O=C(O)C1CCC2C3NC4NC(NC5NC(NC6NC(NC(N3)C2C1C(=O)O)C1CCCCC61)C1CCCCC51)C1CCCCC41.[Co]. The molecule has 1 radical (unpaired) electrons. The summed E-state index contributed by atoms with van der Waals surface area (Å²) in [5.74, 6) is -0.739. The summed E-state index contributed by atoms with van der Waals surface area (Å²) in [4.78, 5) is 25.3. The second-order valence-corrected chi connectivity index (χ2v) is 16.6. The van der Waals surface area contributed by atoms with E-state index in [0.29, 0.717) is 48.3 Å². The van der Waals surface area contributed by atoms with E-state index < -0.39 is 23.8 Å². The van der Waals surface area contributed by atoms with Gasteiger partial charge in [0.15, 0.2) is 0 Å². The first-order chi connectivity index (χ1) is 22.4. The van der Waals surface area contributed by atoms with Gasteiger partial charge < -0.3 is 15.7 Å². The fourth-order valence-corrected chi connectivity index (χ4v) is 12.7. The quantitative estimate of drug-likeness (QED) is 0.189. The molecule has 48 heavy (non-hydrogen) atoms. The van der Waals surface area contributed by atoms with E-state index in [1.807, 2.05) is 0 Å². The van der Waals surface area contributed by atoms with E-state index in [9.17, 15) is 19.8 Å². The van der Waals surface area contributed by atoms with Crippen molar-refractivity contribution in [2.75, 3.05) is 0 Å². The zero-order valence-electron chi connectivity index (χ0n) is 27.8. The van der Waals surface area contributed by atoms with E-state index in [4.69, 9.17) is 0 Å². The van der Waals surface area contributed by atoms with Crippen LogP contribution in [0, 0.1) is 59.2 Å². The average Bonchev–Trinajstić information content (AvgIpc) is 3.80. The van der Waals surface area contributed by atoms with E-state index in [0.717, 1.165) is 6.42 Å². The smallest absolute Gasteiger partial charge is 0.307 e. The van der Waals surface area contributed by atoms with Crippen LogP contribution in [0.15, 0.2) is 0 Å². The molecule has 9 aliphatic rings. The van der Waals surface area contributed by atoms with Crippen LogP contribution in [0.1, 0.15) is 89.9 Å². The van der Waals surface area contributed by atoms with Crippen molar-refractivity contribution in [3.8, 4) is 0 Å². The van der Waals surface area contributed by atoms with Crippen LogP contribution in [-0.2, 0) is 26.4 Å². The van der Waals surface area contributed by atoms with Gasteiger partial charge in [-0.3, -0.25) is 52.1 Å². The molecular formula is C34H58CoN8O5. The Hall–Kier alpha value is -0.914. The zero-order chi connectivity index (χ0) is 31.1. The number of fused-ring (bicyclic) bond motifs is 20. The van der Waals surface area contributed by atoms with Crippen molar-refractivity contribution in [3.05, 3.63) is 0 Å². The average molecular weight is 718 g/mol. The van der Waals surface area contributed by atoms with Crippen LogP contribution in [0.4, 0.5) is 0 Å². The van der Waals surface area contributed by atoms with Gasteiger partial charge in [-0.05, 0) is 92.8 Å². The summed E-state index contributed by atoms with van der Waals surface area (Å²) < 4.78 is 0. The third kappa shape index (κ3) is 5.98. The van der Waals surface area contributed by atoms with E-state index >= 15 is 0 Å². The number of hydrogen-bond donors (Lipinski definition) is 10. The Bertz CT molecular complexity index is 1190. The molecule has 14 heteroatoms. The molecule has 9 rings (SSSR count). The van der Waals surface area contributed by atoms with Gasteiger partial charge in [0.1, 0.15) is 0 Å². The number of rotatable bonds is 2. The Labute approximate surface area is 294 Å². The summed E-state index contributed by atoms with van der Waals surface area (Å²) in [6.45, 7) is 0. The molecule has 9 fully saturated rings. The van der Waals surface area contributed by atoms with Crippen molar-refractivity contribution in [2.45, 2.75) is 139 Å². The number of carboxylic acids is 2. The van der Waals surface area contributed by atoms with Gasteiger partial charge in [0.25, 0.3) is 0 Å². The molecule has 13 nitrogen and oxygen atoms in total. The van der Waals surface area contributed by atoms with Crippen molar-refractivity contribution in [1.29, 1.82) is 0 Å². The third-order valence-corrected chi connectivity index (χ3v) is 14.6. The Morgan fingerprint density at radius 2 is 0.688 bits per heavy atom. The molecule has 0 aromatic rings. The zero-order valence-corrected chi connectivity index (χ0v) is 28.9. The molecular weight excluding hydrogens is 659 g/mol. The Morgan fingerprint density at radius 1 is 0.396 bits per heavy atom. The van der Waals surface area contributed by atoms with Crippen LogP contribution in [-0.4, -0.2) is 77.0 Å². The predicted octanol–water partition coefficient (Wildman–Crippen LogP) is 0.400. The minimum Gasteiger partial charge on any atom is -0.481 e. The molecule has 5 saturated heterocycles. The van der Waals surface area contributed by atoms with Crippen LogP contribution in [0.3, 0.4) is 0 Å². The van der Waals surface area contributed by atoms with Gasteiger partial charge in [-0.1, -0.05) is 38.5 Å². The number of aliphatic carboxylic acids is 2. The van der Waals surface area contributed by atoms with Gasteiger partial charge in [0, 0.05) is 22.7 Å². The van der Waals surface area contributed by atoms with Crippen LogP contribution in [0.25, 0.3) is 0 Å². The summed E-state index contributed by atoms with van der Waals surface area (Å²) in [6, 6.07) is 0. The fraction of sp³-hybridized carbons (Fsp3) is 0.941. The third-order valence-electron chi connectivity index (χ3n) is 14.6. The van der Waals surface area contributed by atoms with E-state index in [-0.39, 0.29) is 83.4 Å². The molecule has 0 aromatic carbocycles. The maximum atomic E-state index is 12.9. The van der Waals surface area contributed by atoms with Crippen molar-refractivity contribution in [2.24, 2.45) is 59.2 Å². The van der Waals surface area contributed by atoms with Crippen molar-refractivity contribution >= 4 is 11.9 Å². The first-order valence-electron chi connectivity index (χ1n) is 19.0. The number of hydrogen-bond acceptors (Lipinski definition) is 10. The molecule has 5 aliphatic heterocycles. The molecule has 18 unspecified atom stereocenters. The molecule has 18 atom stereocenters. The van der Waals surface area contributed by atoms with E-state index in [2.05, 4.69) is 42.5 Å². The number of carboxylic acid groups (broad SMARTS) is 2. The van der Waals surface area contributed by atoms with Gasteiger partial charge in [-0.15, -0.1) is 0 Å². The molecule has 4 aliphatic carbocycles. The molecule has 273 valence electrons. The van der Waals surface area contributed by atoms with Crippen LogP contribution in [0.2, 0.25) is 0 Å². The molecule has 0 spiro atoms. The summed E-state index contributed by atoms with van der Waals surface area (Å²) in [6.07, 6.45) is 16.8. The van der Waals surface area contributed by atoms with Crippen molar-refractivity contribution in [3.63, 3.8) is 0 Å². The maximum Gasteiger partial charge on any atom is 0.307 e. The van der Waals surface area contributed by atoms with Crippen molar-refractivity contribution in [1.82, 2.24) is 42.5 Å². The van der Waals surface area contributed by atoms with Crippen LogP contribution < -0.4 is 42.5 Å². The van der Waals surface area contributed by atoms with Crippen LogP contribution >= 0.6 is 0 Å². The minimum atomic E-state index is -0.977. The normalized spacial score (nSPS) is 52.4. The fourth-order valence-electron chi connectivity index (χ4n) is 12.7. The summed E-state index contributed by atoms with van der Waals surface area (Å²) in [7, 11) is 0. The van der Waals surface area contributed by atoms with Gasteiger partial charge >= 0.3 is 11.9 Å². The summed E-state index contributed by atoms with van der Waals surface area (Å²) in [5, 5.41) is 53.0. The summed E-state index contributed by atoms with van der Waals surface area (Å²) >= 11 is 0. The molecule has 0 amide bonds. The second kappa shape index (κ2) is 14.2. The van der Waals surface area contributed by atoms with E-state index in [1.54, 1.807) is 0 Å². The van der Waals surface area contributed by atoms with Crippen LogP contribution in [0.5, 0.6) is 0 Å². The second-order valence-electron chi connectivity index (χ2n) is 16.6. The van der Waals surface area contributed by atoms with Gasteiger partial charge in [0.2, 0.25) is 0 Å². The predicted molar refractivity (Wildman–Crippen MR) is 174 cm³/mol. The number of carbonyl (C=O) groups is 2. The first kappa shape index (κ1) is 35.5. The molecule has 12 N–H and O–H groups in total. The van der Waals surface area contributed by atoms with Gasteiger partial charge in [-0.25, -0.2) is 0 Å². The van der Waals surface area contributed by atoms with Crippen molar-refractivity contribution < 1.29 is 42.1 Å². The molecule has 8 bridgehead atoms. The standard InChI is InChI=1S/C34H56N8O4.Co.H2O/c43-33(44)22-14-13-21-23(24(22)34(45)46)32-41-30-20-12-6-5-11-19(20)28(39-30)37-26-16-8-2-1-7-15(16)25(35-26)36-27-17-9-3-4-10-18(17)29(38-27)40-31(21)42-32;;/h15-32,35-42H,1-14H2,(H,43,44)(H,45,46);;1H2. The monoisotopic (exact) mass is 717 g/mol. The Balaban J connectivity index is 0.00000182.